The molecule has 3 nitrogen and oxygen atoms in total. The highest BCUT2D eigenvalue weighted by atomic mass is 16.4. The zero-order valence-electron chi connectivity index (χ0n) is 43.0. The fraction of sp³-hybridized carbons (Fsp3) is 0.467. The monoisotopic (exact) mass is 855 g/mol. The Bertz CT molecular complexity index is 2590. The maximum Gasteiger partial charge on any atom is 0.248 e. The minimum atomic E-state index is -0.0283. The lowest BCUT2D eigenvalue weighted by Crippen LogP contribution is -2.47. The Morgan fingerprint density at radius 1 is 0.734 bits per heavy atom. The highest BCUT2D eigenvalue weighted by Gasteiger charge is 2.45. The van der Waals surface area contributed by atoms with Crippen LogP contribution in [0.5, 0.6) is 0 Å². The van der Waals surface area contributed by atoms with Crippen molar-refractivity contribution in [3.05, 3.63) is 160 Å². The van der Waals surface area contributed by atoms with E-state index in [1.54, 1.807) is 0 Å². The summed E-state index contributed by atoms with van der Waals surface area (Å²) in [5, 5.41) is 1.18. The van der Waals surface area contributed by atoms with Crippen molar-refractivity contribution in [3.63, 3.8) is 0 Å². The van der Waals surface area contributed by atoms with E-state index < -0.39 is 0 Å². The Labute approximate surface area is 389 Å². The van der Waals surface area contributed by atoms with Gasteiger partial charge in [0, 0.05) is 40.0 Å². The summed E-state index contributed by atoms with van der Waals surface area (Å²) in [5.74, 6) is 3.48. The summed E-state index contributed by atoms with van der Waals surface area (Å²) >= 11 is 0. The average molecular weight is 855 g/mol. The molecule has 0 radical (unpaired) electrons. The van der Waals surface area contributed by atoms with Gasteiger partial charge in [-0.2, -0.15) is 0 Å². The van der Waals surface area contributed by atoms with E-state index in [-0.39, 0.29) is 51.2 Å². The summed E-state index contributed by atoms with van der Waals surface area (Å²) in [6.07, 6.45) is 16.9. The Morgan fingerprint density at radius 2 is 1.31 bits per heavy atom. The number of anilines is 2. The number of allylic oxidation sites excluding steroid dienone is 6. The molecule has 2 aliphatic heterocycles. The molecule has 3 aliphatic rings. The minimum Gasteiger partial charge on any atom is -0.440 e. The van der Waals surface area contributed by atoms with Gasteiger partial charge in [-0.05, 0) is 123 Å². The summed E-state index contributed by atoms with van der Waals surface area (Å²) < 4.78 is 7.17. The van der Waals surface area contributed by atoms with E-state index in [0.29, 0.717) is 0 Å². The molecule has 1 aliphatic carbocycles. The lowest BCUT2D eigenvalue weighted by molar-refractivity contribution is 0.332. The molecule has 4 heteroatoms. The van der Waals surface area contributed by atoms with Crippen LogP contribution < -0.4 is 10.4 Å². The molecule has 7 rings (SSSR count). The Kier molecular flexibility index (Phi) is 12.1. The van der Waals surface area contributed by atoms with Crippen LogP contribution in [0.15, 0.2) is 137 Å². The summed E-state index contributed by atoms with van der Waals surface area (Å²) in [6.45, 7) is 46.2. The number of fused-ring (bicyclic) bond motifs is 6. The van der Waals surface area contributed by atoms with Gasteiger partial charge in [0.2, 0.25) is 12.6 Å². The SMILES string of the molecule is C=C(C)/C=C1\C2=CN(C(/C=C/C(C)(C)C)C(/C=C/C(C)(C)C)c3ccc(C(C)(C)C)cc3)C(C)=CB2c2c(oc3ccc(C(C)(C)C)cc23)N1c1ccc2c(c1)C(C)(C)CCC2(C)C. The first-order chi connectivity index (χ1) is 29.4. The molecular formula is C60H79BN2O. The molecule has 0 bridgehead atoms. The Hall–Kier alpha value is -4.70. The molecule has 64 heavy (non-hydrogen) atoms. The molecule has 0 spiro atoms. The van der Waals surface area contributed by atoms with E-state index in [4.69, 9.17) is 4.42 Å². The van der Waals surface area contributed by atoms with Crippen LogP contribution in [0, 0.1) is 10.8 Å². The molecule has 2 unspecified atom stereocenters. The van der Waals surface area contributed by atoms with Crippen molar-refractivity contribution in [2.45, 2.75) is 171 Å². The van der Waals surface area contributed by atoms with Crippen molar-refractivity contribution in [1.29, 1.82) is 0 Å². The zero-order chi connectivity index (χ0) is 47.1. The van der Waals surface area contributed by atoms with Crippen molar-refractivity contribution in [2.75, 3.05) is 4.90 Å². The molecule has 3 heterocycles. The second kappa shape index (κ2) is 16.3. The van der Waals surface area contributed by atoms with E-state index in [1.807, 2.05) is 0 Å². The van der Waals surface area contributed by atoms with Crippen LogP contribution in [0.1, 0.15) is 171 Å². The molecule has 338 valence electrons. The second-order valence-corrected chi connectivity index (χ2v) is 25.1. The summed E-state index contributed by atoms with van der Waals surface area (Å²) in [4.78, 5) is 5.00. The smallest absolute Gasteiger partial charge is 0.248 e. The molecule has 0 amide bonds. The van der Waals surface area contributed by atoms with Crippen LogP contribution >= 0.6 is 0 Å². The topological polar surface area (TPSA) is 19.6 Å². The van der Waals surface area contributed by atoms with Crippen LogP contribution in [0.2, 0.25) is 0 Å². The standard InChI is InChI=1S/C60H79BN2O/c1-39(2)34-51-49-38-62(50(29-31-56(7,8)9)45(28-30-55(4,5)6)41-20-22-42(23-21-41)57(10,11)12)40(3)37-61(49)53-46-35-43(58(13,14)15)24-27-52(46)64-54(53)63(51)44-25-26-47-48(36-44)60(18,19)33-32-59(47,16)17/h20-31,34-38,45,50H,1,32-33H2,2-19H3/b30-28+,31-29+,51-34+. The number of benzene rings is 3. The fourth-order valence-electron chi connectivity index (χ4n) is 9.96. The number of rotatable bonds is 7. The van der Waals surface area contributed by atoms with Crippen LogP contribution in [-0.2, 0) is 21.7 Å². The predicted molar refractivity (Wildman–Crippen MR) is 280 cm³/mol. The van der Waals surface area contributed by atoms with Crippen LogP contribution in [-0.4, -0.2) is 17.7 Å². The van der Waals surface area contributed by atoms with E-state index in [2.05, 4.69) is 244 Å². The third-order valence-corrected chi connectivity index (χ3v) is 14.0. The predicted octanol–water partition coefficient (Wildman–Crippen LogP) is 16.2. The summed E-state index contributed by atoms with van der Waals surface area (Å²) in [7, 11) is 0. The lowest BCUT2D eigenvalue weighted by atomic mass is 9.37. The molecular weight excluding hydrogens is 775 g/mol. The number of nitrogens with zero attached hydrogens (tertiary/aromatic N) is 2. The van der Waals surface area contributed by atoms with Crippen LogP contribution in [0.25, 0.3) is 11.0 Å². The first-order valence-corrected chi connectivity index (χ1v) is 24.0. The largest absolute Gasteiger partial charge is 0.440 e. The van der Waals surface area contributed by atoms with Gasteiger partial charge < -0.3 is 9.32 Å². The third kappa shape index (κ3) is 9.50. The summed E-state index contributed by atoms with van der Waals surface area (Å²) in [6, 6.07) is 23.5. The van der Waals surface area contributed by atoms with Crippen LogP contribution in [0.4, 0.5) is 11.6 Å². The molecule has 0 N–H and O–H groups in total. The molecule has 1 aromatic heterocycles. The van der Waals surface area contributed by atoms with E-state index in [9.17, 15) is 0 Å². The average Bonchev–Trinajstić information content (AvgIpc) is 3.55. The van der Waals surface area contributed by atoms with Crippen molar-refractivity contribution in [2.24, 2.45) is 10.8 Å². The van der Waals surface area contributed by atoms with E-state index >= 15 is 0 Å². The Balaban J connectivity index is 1.52. The summed E-state index contributed by atoms with van der Waals surface area (Å²) in [5.41, 5.74) is 14.9. The first kappa shape index (κ1) is 47.3. The van der Waals surface area contributed by atoms with E-state index in [0.717, 1.165) is 34.8 Å². The minimum absolute atomic E-state index is 0.00741. The van der Waals surface area contributed by atoms with Gasteiger partial charge in [0.25, 0.3) is 0 Å². The van der Waals surface area contributed by atoms with Gasteiger partial charge in [-0.3, -0.25) is 4.90 Å². The lowest BCUT2D eigenvalue weighted by Gasteiger charge is -2.44. The van der Waals surface area contributed by atoms with Crippen molar-refractivity contribution >= 4 is 34.7 Å². The van der Waals surface area contributed by atoms with E-state index in [1.165, 1.54) is 56.3 Å². The van der Waals surface area contributed by atoms with Crippen molar-refractivity contribution in [1.82, 2.24) is 4.90 Å². The maximum absolute atomic E-state index is 7.17. The van der Waals surface area contributed by atoms with Crippen molar-refractivity contribution in [3.8, 4) is 0 Å². The van der Waals surface area contributed by atoms with Gasteiger partial charge in [-0.15, -0.1) is 0 Å². The Morgan fingerprint density at radius 3 is 1.89 bits per heavy atom. The van der Waals surface area contributed by atoms with Gasteiger partial charge >= 0.3 is 0 Å². The number of hydrogen-bond donors (Lipinski definition) is 0. The number of hydrogen-bond acceptors (Lipinski definition) is 3. The molecule has 0 saturated heterocycles. The first-order valence-electron chi connectivity index (χ1n) is 24.0. The quantitative estimate of drug-likeness (QED) is 0.136. The third-order valence-electron chi connectivity index (χ3n) is 14.0. The highest BCUT2D eigenvalue weighted by Crippen LogP contribution is 2.50. The van der Waals surface area contributed by atoms with Crippen LogP contribution in [0.3, 0.4) is 0 Å². The van der Waals surface area contributed by atoms with Gasteiger partial charge in [-0.25, -0.2) is 0 Å². The van der Waals surface area contributed by atoms with Crippen molar-refractivity contribution < 1.29 is 4.42 Å². The van der Waals surface area contributed by atoms with Gasteiger partial charge in [0.05, 0.1) is 6.04 Å². The normalized spacial score (nSPS) is 19.5. The second-order valence-electron chi connectivity index (χ2n) is 25.1. The highest BCUT2D eigenvalue weighted by molar-refractivity contribution is 6.88. The molecule has 4 aromatic rings. The van der Waals surface area contributed by atoms with Gasteiger partial charge in [0.1, 0.15) is 5.58 Å². The van der Waals surface area contributed by atoms with Gasteiger partial charge in [0.15, 0.2) is 0 Å². The molecule has 0 fully saturated rings. The molecule has 2 atom stereocenters. The fourth-order valence-corrected chi connectivity index (χ4v) is 9.96. The van der Waals surface area contributed by atoms with Gasteiger partial charge in [-0.1, -0.05) is 190 Å². The molecule has 0 saturated carbocycles. The molecule has 3 aromatic carbocycles. The zero-order valence-corrected chi connectivity index (χ0v) is 43.0. The maximum atomic E-state index is 7.17. The number of furan rings is 1.